The Morgan fingerprint density at radius 1 is 1.31 bits per heavy atom. The molecule has 1 heterocycles. The standard InChI is InChI=1S/C17H22F3N3O3/c1-3-26-16(25)23-9-7-22(8-10-23)12(2)15(24)21-14-6-4-5-13(11-14)17(18,19)20/h4-6,11-12H,3,7-10H2,1-2H3,(H,21,24)/p+1/t12-/m0/s1. The van der Waals surface area contributed by atoms with Gasteiger partial charge in [0.25, 0.3) is 5.91 Å². The van der Waals surface area contributed by atoms with Crippen molar-refractivity contribution >= 4 is 17.7 Å². The Morgan fingerprint density at radius 2 is 1.96 bits per heavy atom. The van der Waals surface area contributed by atoms with Gasteiger partial charge in [0, 0.05) is 5.69 Å². The first-order valence-electron chi connectivity index (χ1n) is 8.46. The molecule has 26 heavy (non-hydrogen) atoms. The van der Waals surface area contributed by atoms with E-state index in [1.165, 1.54) is 12.1 Å². The van der Waals surface area contributed by atoms with Crippen LogP contribution in [0.3, 0.4) is 0 Å². The van der Waals surface area contributed by atoms with Crippen molar-refractivity contribution in [1.82, 2.24) is 4.90 Å². The van der Waals surface area contributed by atoms with Gasteiger partial charge < -0.3 is 15.0 Å². The maximum Gasteiger partial charge on any atom is 0.416 e. The van der Waals surface area contributed by atoms with Gasteiger partial charge in [0.15, 0.2) is 6.04 Å². The molecule has 1 atom stereocenters. The van der Waals surface area contributed by atoms with Gasteiger partial charge in [0.1, 0.15) is 0 Å². The van der Waals surface area contributed by atoms with Crippen LogP contribution in [-0.4, -0.2) is 55.7 Å². The summed E-state index contributed by atoms with van der Waals surface area (Å²) >= 11 is 0. The van der Waals surface area contributed by atoms with Crippen LogP contribution in [-0.2, 0) is 15.7 Å². The minimum absolute atomic E-state index is 0.112. The molecule has 0 aliphatic carbocycles. The summed E-state index contributed by atoms with van der Waals surface area (Å²) in [5.74, 6) is -0.357. The molecule has 0 unspecified atom stereocenters. The van der Waals surface area contributed by atoms with Crippen LogP contribution < -0.4 is 10.2 Å². The van der Waals surface area contributed by atoms with Gasteiger partial charge in [-0.3, -0.25) is 9.69 Å². The smallest absolute Gasteiger partial charge is 0.416 e. The predicted octanol–water partition coefficient (Wildman–Crippen LogP) is 1.39. The topological polar surface area (TPSA) is 63.1 Å². The normalized spacial score (nSPS) is 16.9. The number of quaternary nitrogens is 1. The Kier molecular flexibility index (Phi) is 6.47. The molecule has 1 fully saturated rings. The van der Waals surface area contributed by atoms with E-state index in [9.17, 15) is 22.8 Å². The van der Waals surface area contributed by atoms with Gasteiger partial charge >= 0.3 is 12.3 Å². The van der Waals surface area contributed by atoms with Gasteiger partial charge in [-0.25, -0.2) is 4.79 Å². The highest BCUT2D eigenvalue weighted by Gasteiger charge is 2.33. The molecular weight excluding hydrogens is 351 g/mol. The van der Waals surface area contributed by atoms with Crippen LogP contribution in [0.5, 0.6) is 0 Å². The zero-order chi connectivity index (χ0) is 19.3. The van der Waals surface area contributed by atoms with Crippen molar-refractivity contribution < 1.29 is 32.4 Å². The predicted molar refractivity (Wildman–Crippen MR) is 88.8 cm³/mol. The first-order chi connectivity index (χ1) is 12.2. The number of ether oxygens (including phenoxy) is 1. The van der Waals surface area contributed by atoms with Crippen LogP contribution in [0.2, 0.25) is 0 Å². The molecular formula is C17H23F3N3O3+. The van der Waals surface area contributed by atoms with E-state index >= 15 is 0 Å². The summed E-state index contributed by atoms with van der Waals surface area (Å²) in [6.45, 7) is 5.83. The number of nitrogens with zero attached hydrogens (tertiary/aromatic N) is 1. The summed E-state index contributed by atoms with van der Waals surface area (Å²) in [5, 5.41) is 2.54. The molecule has 0 aromatic heterocycles. The lowest BCUT2D eigenvalue weighted by Crippen LogP contribution is -3.19. The molecule has 0 spiro atoms. The number of hydrogen-bond donors (Lipinski definition) is 2. The van der Waals surface area contributed by atoms with Crippen molar-refractivity contribution in [1.29, 1.82) is 0 Å². The lowest BCUT2D eigenvalue weighted by molar-refractivity contribution is -0.917. The van der Waals surface area contributed by atoms with Crippen molar-refractivity contribution in [3.63, 3.8) is 0 Å². The van der Waals surface area contributed by atoms with Crippen molar-refractivity contribution in [3.8, 4) is 0 Å². The second kappa shape index (κ2) is 8.39. The van der Waals surface area contributed by atoms with E-state index in [2.05, 4.69) is 5.32 Å². The fourth-order valence-corrected chi connectivity index (χ4v) is 2.83. The molecule has 1 aromatic rings. The van der Waals surface area contributed by atoms with E-state index in [4.69, 9.17) is 4.74 Å². The Balaban J connectivity index is 1.91. The van der Waals surface area contributed by atoms with E-state index in [0.29, 0.717) is 32.8 Å². The molecule has 1 aliphatic heterocycles. The highest BCUT2D eigenvalue weighted by Crippen LogP contribution is 2.30. The van der Waals surface area contributed by atoms with Crippen molar-refractivity contribution in [3.05, 3.63) is 29.8 Å². The molecule has 0 bridgehead atoms. The number of piperazine rings is 1. The molecule has 9 heteroatoms. The largest absolute Gasteiger partial charge is 0.450 e. The molecule has 2 rings (SSSR count). The number of nitrogens with one attached hydrogen (secondary N) is 2. The van der Waals surface area contributed by atoms with Crippen molar-refractivity contribution in [2.45, 2.75) is 26.1 Å². The van der Waals surface area contributed by atoms with Crippen LogP contribution in [0.4, 0.5) is 23.7 Å². The molecule has 0 radical (unpaired) electrons. The number of benzene rings is 1. The Hall–Kier alpha value is -2.29. The lowest BCUT2D eigenvalue weighted by Gasteiger charge is -2.34. The van der Waals surface area contributed by atoms with E-state index in [-0.39, 0.29) is 17.7 Å². The fourth-order valence-electron chi connectivity index (χ4n) is 2.83. The number of hydrogen-bond acceptors (Lipinski definition) is 3. The van der Waals surface area contributed by atoms with Crippen molar-refractivity contribution in [2.75, 3.05) is 38.1 Å². The quantitative estimate of drug-likeness (QED) is 0.837. The third kappa shape index (κ3) is 5.10. The second-order valence-corrected chi connectivity index (χ2v) is 6.13. The average Bonchev–Trinajstić information content (AvgIpc) is 2.61. The fraction of sp³-hybridized carbons (Fsp3) is 0.529. The van der Waals surface area contributed by atoms with E-state index in [1.807, 2.05) is 0 Å². The minimum atomic E-state index is -4.46. The molecule has 0 saturated carbocycles. The van der Waals surface area contributed by atoms with E-state index in [0.717, 1.165) is 17.0 Å². The highest BCUT2D eigenvalue weighted by atomic mass is 19.4. The molecule has 1 saturated heterocycles. The molecule has 1 aromatic carbocycles. The number of rotatable bonds is 4. The van der Waals surface area contributed by atoms with E-state index in [1.54, 1.807) is 18.7 Å². The van der Waals surface area contributed by atoms with Gasteiger partial charge in [-0.15, -0.1) is 0 Å². The van der Waals surface area contributed by atoms with Crippen LogP contribution in [0, 0.1) is 0 Å². The SMILES string of the molecule is CCOC(=O)N1CC[NH+]([C@@H](C)C(=O)Nc2cccc(C(F)(F)F)c2)CC1. The summed E-state index contributed by atoms with van der Waals surface area (Å²) in [4.78, 5) is 26.6. The zero-order valence-electron chi connectivity index (χ0n) is 14.7. The van der Waals surface area contributed by atoms with Gasteiger partial charge in [-0.2, -0.15) is 13.2 Å². The first kappa shape index (κ1) is 20.0. The van der Waals surface area contributed by atoms with Gasteiger partial charge in [0.2, 0.25) is 0 Å². The molecule has 2 amide bonds. The van der Waals surface area contributed by atoms with Crippen LogP contribution in [0.25, 0.3) is 0 Å². The number of halogens is 3. The number of anilines is 1. The summed E-state index contributed by atoms with van der Waals surface area (Å²) in [7, 11) is 0. The molecule has 144 valence electrons. The van der Waals surface area contributed by atoms with Gasteiger partial charge in [-0.1, -0.05) is 6.07 Å². The van der Waals surface area contributed by atoms with Crippen LogP contribution in [0.1, 0.15) is 19.4 Å². The van der Waals surface area contributed by atoms with Crippen LogP contribution >= 0.6 is 0 Å². The monoisotopic (exact) mass is 374 g/mol. The summed E-state index contributed by atoms with van der Waals surface area (Å²) < 4.78 is 43.2. The van der Waals surface area contributed by atoms with Gasteiger partial charge in [-0.05, 0) is 32.0 Å². The highest BCUT2D eigenvalue weighted by molar-refractivity contribution is 5.93. The molecule has 1 aliphatic rings. The summed E-state index contributed by atoms with van der Waals surface area (Å²) in [5.41, 5.74) is -0.695. The number of carbonyl (C=O) groups excluding carboxylic acids is 2. The number of carbonyl (C=O) groups is 2. The minimum Gasteiger partial charge on any atom is -0.450 e. The molecule has 6 nitrogen and oxygen atoms in total. The zero-order valence-corrected chi connectivity index (χ0v) is 14.7. The third-order valence-corrected chi connectivity index (χ3v) is 4.39. The van der Waals surface area contributed by atoms with E-state index < -0.39 is 17.8 Å². The summed E-state index contributed by atoms with van der Waals surface area (Å²) in [6, 6.07) is 4.11. The Morgan fingerprint density at radius 3 is 2.54 bits per heavy atom. The van der Waals surface area contributed by atoms with Gasteiger partial charge in [0.05, 0.1) is 38.3 Å². The summed E-state index contributed by atoms with van der Waals surface area (Å²) in [6.07, 6.45) is -4.83. The Labute approximate surface area is 149 Å². The maximum absolute atomic E-state index is 12.8. The van der Waals surface area contributed by atoms with Crippen molar-refractivity contribution in [2.24, 2.45) is 0 Å². The first-order valence-corrected chi connectivity index (χ1v) is 8.46. The lowest BCUT2D eigenvalue weighted by atomic mass is 10.1. The molecule has 2 N–H and O–H groups in total. The Bertz CT molecular complexity index is 644. The second-order valence-electron chi connectivity index (χ2n) is 6.13. The average molecular weight is 374 g/mol. The number of amides is 2. The van der Waals surface area contributed by atoms with Crippen LogP contribution in [0.15, 0.2) is 24.3 Å². The number of alkyl halides is 3. The third-order valence-electron chi connectivity index (χ3n) is 4.39. The maximum atomic E-state index is 12.8.